The lowest BCUT2D eigenvalue weighted by molar-refractivity contribution is 0.0652. The molecule has 3 N–H and O–H groups in total. The number of aromatic carboxylic acids is 2. The van der Waals surface area contributed by atoms with Gasteiger partial charge in [-0.1, -0.05) is 23.7 Å². The number of hydrogen-bond donors (Lipinski definition) is 3. The Hall–Kier alpha value is -4.06. The Balaban J connectivity index is 1.92. The Morgan fingerprint density at radius 3 is 2.38 bits per heavy atom. The van der Waals surface area contributed by atoms with Gasteiger partial charge in [0.25, 0.3) is 6.43 Å². The largest absolute Gasteiger partial charge is 0.478 e. The van der Waals surface area contributed by atoms with E-state index in [9.17, 15) is 28.6 Å². The molecule has 10 nitrogen and oxygen atoms in total. The van der Waals surface area contributed by atoms with E-state index >= 15 is 0 Å². The molecule has 3 aromatic heterocycles. The minimum atomic E-state index is -2.92. The predicted octanol–water partition coefficient (Wildman–Crippen LogP) is 3.96. The smallest absolute Gasteiger partial charge is 0.338 e. The monoisotopic (exact) mass is 490 g/mol. The van der Waals surface area contributed by atoms with Crippen molar-refractivity contribution in [3.8, 4) is 0 Å². The highest BCUT2D eigenvalue weighted by Gasteiger charge is 2.31. The average molecular weight is 491 g/mol. The highest BCUT2D eigenvalue weighted by atomic mass is 35.5. The molecule has 0 saturated heterocycles. The summed E-state index contributed by atoms with van der Waals surface area (Å²) in [6.45, 7) is 1.64. The summed E-state index contributed by atoms with van der Waals surface area (Å²) in [6, 6.07) is 7.05. The van der Waals surface area contributed by atoms with Crippen LogP contribution in [0.25, 0.3) is 5.65 Å². The van der Waals surface area contributed by atoms with E-state index in [-0.39, 0.29) is 17.2 Å². The number of aryl methyl sites for hydroxylation is 2. The van der Waals surface area contributed by atoms with Crippen LogP contribution in [0.4, 0.5) is 14.6 Å². The van der Waals surface area contributed by atoms with Crippen LogP contribution in [0, 0.1) is 6.92 Å². The second-order valence-corrected chi connectivity index (χ2v) is 7.90. The number of carboxylic acid groups (broad SMARTS) is 2. The molecule has 0 bridgehead atoms. The maximum atomic E-state index is 13.4. The number of nitrogens with zero attached hydrogens (tertiary/aromatic N) is 5. The van der Waals surface area contributed by atoms with Gasteiger partial charge in [0.05, 0.1) is 22.9 Å². The van der Waals surface area contributed by atoms with Crippen LogP contribution < -0.4 is 5.32 Å². The van der Waals surface area contributed by atoms with E-state index in [0.717, 1.165) is 4.52 Å². The zero-order chi connectivity index (χ0) is 24.7. The molecule has 34 heavy (non-hydrogen) atoms. The molecule has 13 heteroatoms. The Labute approximate surface area is 195 Å². The highest BCUT2D eigenvalue weighted by molar-refractivity contribution is 6.30. The molecule has 3 heterocycles. The molecular weight excluding hydrogens is 474 g/mol. The van der Waals surface area contributed by atoms with E-state index in [1.165, 1.54) is 17.8 Å². The van der Waals surface area contributed by atoms with E-state index in [0.29, 0.717) is 16.1 Å². The van der Waals surface area contributed by atoms with Crippen molar-refractivity contribution in [3.63, 3.8) is 0 Å². The molecule has 0 radical (unpaired) electrons. The molecule has 0 amide bonds. The van der Waals surface area contributed by atoms with Gasteiger partial charge in [-0.05, 0) is 36.2 Å². The lowest BCUT2D eigenvalue weighted by atomic mass is 9.98. The maximum Gasteiger partial charge on any atom is 0.338 e. The number of nitrogens with one attached hydrogen (secondary N) is 1. The molecule has 0 aliphatic heterocycles. The van der Waals surface area contributed by atoms with E-state index < -0.39 is 41.4 Å². The lowest BCUT2D eigenvalue weighted by Gasteiger charge is -2.22. The zero-order valence-electron chi connectivity index (χ0n) is 17.7. The van der Waals surface area contributed by atoms with Gasteiger partial charge in [0.1, 0.15) is 5.82 Å². The van der Waals surface area contributed by atoms with E-state index in [1.54, 1.807) is 37.3 Å². The van der Waals surface area contributed by atoms with Crippen molar-refractivity contribution in [2.45, 2.75) is 19.4 Å². The third-order valence-electron chi connectivity index (χ3n) is 5.22. The first-order valence-electron chi connectivity index (χ1n) is 9.77. The molecule has 4 rings (SSSR count). The first-order valence-corrected chi connectivity index (χ1v) is 10.1. The van der Waals surface area contributed by atoms with Crippen molar-refractivity contribution in [1.29, 1.82) is 0 Å². The summed E-state index contributed by atoms with van der Waals surface area (Å²) in [5, 5.41) is 34.2. The molecule has 0 saturated carbocycles. The molecule has 0 aliphatic carbocycles. The van der Waals surface area contributed by atoms with Crippen LogP contribution in [0.3, 0.4) is 0 Å². The fraction of sp³-hybridized carbons (Fsp3) is 0.190. The van der Waals surface area contributed by atoms with Gasteiger partial charge >= 0.3 is 11.9 Å². The molecule has 0 aliphatic rings. The van der Waals surface area contributed by atoms with Crippen LogP contribution in [-0.2, 0) is 7.05 Å². The van der Waals surface area contributed by atoms with Crippen molar-refractivity contribution < 1.29 is 28.6 Å². The Kier molecular flexibility index (Phi) is 5.92. The topological polar surface area (TPSA) is 135 Å². The van der Waals surface area contributed by atoms with Crippen molar-refractivity contribution >= 4 is 35.0 Å². The summed E-state index contributed by atoms with van der Waals surface area (Å²) in [7, 11) is 1.51. The van der Waals surface area contributed by atoms with Crippen LogP contribution in [0.5, 0.6) is 0 Å². The summed E-state index contributed by atoms with van der Waals surface area (Å²) in [6.07, 6.45) is -1.73. The standard InChI is InChI=1S/C21H17ClF2N6O4/c1-9-7-13(28-30-18(9)26-27-19(30)17(23)24)25-15(10-3-5-11(22)6-4-10)16-14(21(33)34)12(20(31)32)8-29(16)2/h3-8,15,17H,1-2H3,(H,25,28)(H,31,32)(H,33,34). The first kappa shape index (κ1) is 23.1. The van der Waals surface area contributed by atoms with E-state index in [4.69, 9.17) is 11.6 Å². The predicted molar refractivity (Wildman–Crippen MR) is 117 cm³/mol. The number of aromatic nitrogens is 5. The first-order chi connectivity index (χ1) is 16.1. The third-order valence-corrected chi connectivity index (χ3v) is 5.47. The Morgan fingerprint density at radius 1 is 1.12 bits per heavy atom. The number of halogens is 3. The van der Waals surface area contributed by atoms with Crippen LogP contribution in [-0.4, -0.2) is 46.5 Å². The second-order valence-electron chi connectivity index (χ2n) is 7.46. The second kappa shape index (κ2) is 8.71. The number of carboxylic acids is 2. The SMILES string of the molecule is Cc1cc(NC(c2ccc(Cl)cc2)c2c(C(=O)O)c(C(=O)O)cn2C)nn2c(C(F)F)nnc12. The lowest BCUT2D eigenvalue weighted by Crippen LogP contribution is -2.20. The molecule has 0 fully saturated rings. The zero-order valence-corrected chi connectivity index (χ0v) is 18.5. The van der Waals surface area contributed by atoms with Gasteiger partial charge in [0, 0.05) is 18.3 Å². The van der Waals surface area contributed by atoms with Gasteiger partial charge in [-0.15, -0.1) is 15.3 Å². The summed E-state index contributed by atoms with van der Waals surface area (Å²) in [5.41, 5.74) is 0.458. The summed E-state index contributed by atoms with van der Waals surface area (Å²) in [5.74, 6) is -3.38. The fourth-order valence-electron chi connectivity index (χ4n) is 3.74. The quantitative estimate of drug-likeness (QED) is 0.354. The van der Waals surface area contributed by atoms with E-state index in [1.807, 2.05) is 0 Å². The van der Waals surface area contributed by atoms with Gasteiger partial charge < -0.3 is 20.1 Å². The van der Waals surface area contributed by atoms with Crippen LogP contribution >= 0.6 is 11.6 Å². The summed E-state index contributed by atoms with van der Waals surface area (Å²) >= 11 is 6.00. The number of hydrogen-bond acceptors (Lipinski definition) is 6. The number of rotatable bonds is 7. The normalized spacial score (nSPS) is 12.3. The van der Waals surface area contributed by atoms with Crippen LogP contribution in [0.1, 0.15) is 55.8 Å². The van der Waals surface area contributed by atoms with Gasteiger partial charge in [-0.3, -0.25) is 0 Å². The minimum absolute atomic E-state index is 0.112. The molecule has 176 valence electrons. The fourth-order valence-corrected chi connectivity index (χ4v) is 3.86. The molecule has 1 atom stereocenters. The number of fused-ring (bicyclic) bond motifs is 1. The van der Waals surface area contributed by atoms with Crippen molar-refractivity contribution in [2.75, 3.05) is 5.32 Å². The average Bonchev–Trinajstić information content (AvgIpc) is 3.34. The summed E-state index contributed by atoms with van der Waals surface area (Å²) in [4.78, 5) is 23.8. The molecule has 1 unspecified atom stereocenters. The number of carbonyl (C=O) groups is 2. The Morgan fingerprint density at radius 2 is 1.79 bits per heavy atom. The molecule has 4 aromatic rings. The van der Waals surface area contributed by atoms with Crippen LogP contribution in [0.15, 0.2) is 36.5 Å². The molecule has 1 aromatic carbocycles. The number of alkyl halides is 2. The van der Waals surface area contributed by atoms with E-state index in [2.05, 4.69) is 20.6 Å². The molecular formula is C21H17ClF2N6O4. The number of benzene rings is 1. The van der Waals surface area contributed by atoms with Gasteiger partial charge in [0.15, 0.2) is 5.65 Å². The van der Waals surface area contributed by atoms with Crippen molar-refractivity contribution in [3.05, 3.63) is 75.3 Å². The number of anilines is 1. The van der Waals surface area contributed by atoms with Crippen LogP contribution in [0.2, 0.25) is 5.02 Å². The molecule has 0 spiro atoms. The van der Waals surface area contributed by atoms with Crippen molar-refractivity contribution in [1.82, 2.24) is 24.4 Å². The highest BCUT2D eigenvalue weighted by Crippen LogP contribution is 2.32. The van der Waals surface area contributed by atoms with Gasteiger partial charge in [-0.25, -0.2) is 18.4 Å². The third kappa shape index (κ3) is 4.03. The Bertz CT molecular complexity index is 1420. The van der Waals surface area contributed by atoms with Crippen molar-refractivity contribution in [2.24, 2.45) is 7.05 Å². The van der Waals surface area contributed by atoms with Gasteiger partial charge in [0.2, 0.25) is 5.82 Å². The minimum Gasteiger partial charge on any atom is -0.478 e. The summed E-state index contributed by atoms with van der Waals surface area (Å²) < 4.78 is 29.0. The van der Waals surface area contributed by atoms with Gasteiger partial charge in [-0.2, -0.15) is 4.52 Å². The maximum absolute atomic E-state index is 13.4.